The Morgan fingerprint density at radius 2 is 1.81 bits per heavy atom. The normalized spacial score (nSPS) is 10.9. The monoisotopic (exact) mass is 354 g/mol. The van der Waals surface area contributed by atoms with Crippen LogP contribution in [0.15, 0.2) is 85.1 Å². The van der Waals surface area contributed by atoms with Gasteiger partial charge in [-0.05, 0) is 18.2 Å². The molecular weight excluding hydrogens is 336 g/mol. The Kier molecular flexibility index (Phi) is 5.60. The highest BCUT2D eigenvalue weighted by molar-refractivity contribution is 6.02. The highest BCUT2D eigenvalue weighted by atomic mass is 16.1. The van der Waals surface area contributed by atoms with Crippen LogP contribution in [0.3, 0.4) is 0 Å². The van der Waals surface area contributed by atoms with Crippen LogP contribution >= 0.6 is 0 Å². The number of para-hydroxylation sites is 1. The van der Waals surface area contributed by atoms with Gasteiger partial charge in [-0.1, -0.05) is 54.6 Å². The summed E-state index contributed by atoms with van der Waals surface area (Å²) >= 11 is 0. The van der Waals surface area contributed by atoms with Crippen molar-refractivity contribution >= 4 is 12.0 Å². The number of aromatic nitrogens is 2. The van der Waals surface area contributed by atoms with Gasteiger partial charge < -0.3 is 5.32 Å². The third kappa shape index (κ3) is 4.20. The number of nitrogens with zero attached hydrogens (tertiary/aromatic N) is 3. The average molecular weight is 354 g/mol. The van der Waals surface area contributed by atoms with E-state index < -0.39 is 5.91 Å². The van der Waals surface area contributed by atoms with Gasteiger partial charge in [-0.25, -0.2) is 4.68 Å². The molecule has 27 heavy (non-hydrogen) atoms. The van der Waals surface area contributed by atoms with E-state index in [9.17, 15) is 10.1 Å². The molecule has 5 nitrogen and oxygen atoms in total. The van der Waals surface area contributed by atoms with E-state index in [-0.39, 0.29) is 5.57 Å². The van der Waals surface area contributed by atoms with Crippen LogP contribution in [0.2, 0.25) is 0 Å². The summed E-state index contributed by atoms with van der Waals surface area (Å²) in [6.07, 6.45) is 4.94. The van der Waals surface area contributed by atoms with Gasteiger partial charge in [0.25, 0.3) is 5.91 Å². The van der Waals surface area contributed by atoms with Crippen molar-refractivity contribution in [2.24, 2.45) is 0 Å². The first-order valence-corrected chi connectivity index (χ1v) is 8.44. The molecule has 132 valence electrons. The summed E-state index contributed by atoms with van der Waals surface area (Å²) in [5, 5.41) is 16.7. The highest BCUT2D eigenvalue weighted by Crippen LogP contribution is 2.25. The smallest absolute Gasteiger partial charge is 0.262 e. The van der Waals surface area contributed by atoms with Crippen molar-refractivity contribution in [3.63, 3.8) is 0 Å². The summed E-state index contributed by atoms with van der Waals surface area (Å²) in [5.41, 5.74) is 3.20. The third-order valence-corrected chi connectivity index (χ3v) is 3.88. The number of hydrogen-bond donors (Lipinski definition) is 1. The van der Waals surface area contributed by atoms with Crippen molar-refractivity contribution in [2.45, 2.75) is 0 Å². The Hall–Kier alpha value is -3.91. The molecule has 3 aromatic rings. The first kappa shape index (κ1) is 17.9. The van der Waals surface area contributed by atoms with E-state index in [4.69, 9.17) is 0 Å². The number of carbonyl (C=O) groups excluding carboxylic acids is 1. The summed E-state index contributed by atoms with van der Waals surface area (Å²) < 4.78 is 1.74. The number of nitrogens with one attached hydrogen (secondary N) is 1. The van der Waals surface area contributed by atoms with E-state index in [1.54, 1.807) is 16.8 Å². The molecule has 0 saturated carbocycles. The highest BCUT2D eigenvalue weighted by Gasteiger charge is 2.14. The number of hydrogen-bond acceptors (Lipinski definition) is 3. The van der Waals surface area contributed by atoms with Crippen LogP contribution in [-0.2, 0) is 4.79 Å². The van der Waals surface area contributed by atoms with Gasteiger partial charge >= 0.3 is 0 Å². The van der Waals surface area contributed by atoms with E-state index in [1.807, 2.05) is 72.9 Å². The molecule has 1 N–H and O–H groups in total. The summed E-state index contributed by atoms with van der Waals surface area (Å²) in [5.74, 6) is -0.441. The van der Waals surface area contributed by atoms with Crippen LogP contribution in [0, 0.1) is 11.3 Å². The van der Waals surface area contributed by atoms with Gasteiger partial charge in [0, 0.05) is 23.9 Å². The van der Waals surface area contributed by atoms with Crippen molar-refractivity contribution in [1.82, 2.24) is 15.1 Å². The molecular formula is C22H18N4O. The van der Waals surface area contributed by atoms with Crippen molar-refractivity contribution in [3.05, 3.63) is 90.7 Å². The lowest BCUT2D eigenvalue weighted by molar-refractivity contribution is -0.116. The molecule has 0 aliphatic rings. The number of amides is 1. The minimum Gasteiger partial charge on any atom is -0.348 e. The minimum absolute atomic E-state index is 0.0154. The van der Waals surface area contributed by atoms with Gasteiger partial charge in [0.1, 0.15) is 11.6 Å². The average Bonchev–Trinajstić information content (AvgIpc) is 3.15. The molecule has 0 atom stereocenters. The van der Waals surface area contributed by atoms with Crippen LogP contribution in [0.4, 0.5) is 0 Å². The molecule has 1 aromatic heterocycles. The van der Waals surface area contributed by atoms with E-state index in [2.05, 4.69) is 17.0 Å². The molecule has 1 amide bonds. The molecule has 0 aliphatic heterocycles. The van der Waals surface area contributed by atoms with E-state index in [0.29, 0.717) is 17.8 Å². The van der Waals surface area contributed by atoms with Gasteiger partial charge in [0.2, 0.25) is 0 Å². The van der Waals surface area contributed by atoms with Crippen LogP contribution in [0.25, 0.3) is 23.0 Å². The molecule has 0 saturated heterocycles. The second kappa shape index (κ2) is 8.45. The molecule has 0 fully saturated rings. The molecule has 0 spiro atoms. The van der Waals surface area contributed by atoms with E-state index in [0.717, 1.165) is 11.3 Å². The lowest BCUT2D eigenvalue weighted by Gasteiger charge is -2.01. The van der Waals surface area contributed by atoms with Crippen LogP contribution in [0.1, 0.15) is 5.56 Å². The van der Waals surface area contributed by atoms with Crippen molar-refractivity contribution < 1.29 is 4.79 Å². The van der Waals surface area contributed by atoms with Crippen molar-refractivity contribution in [3.8, 4) is 23.0 Å². The zero-order valence-corrected chi connectivity index (χ0v) is 14.7. The standard InChI is InChI=1S/C22H18N4O/c1-2-13-24-22(27)18(15-23)14-19-16-26(20-11-7-4-8-12-20)25-21(19)17-9-5-3-6-10-17/h2-12,14,16H,1,13H2,(H,24,27)/b18-14-. The minimum atomic E-state index is -0.441. The maximum atomic E-state index is 12.2. The molecule has 5 heteroatoms. The maximum absolute atomic E-state index is 12.2. The van der Waals surface area contributed by atoms with Crippen LogP contribution < -0.4 is 5.32 Å². The van der Waals surface area contributed by atoms with Crippen molar-refractivity contribution in [1.29, 1.82) is 5.26 Å². The molecule has 0 radical (unpaired) electrons. The molecule has 0 aliphatic carbocycles. The Labute approximate surface area is 157 Å². The molecule has 0 unspecified atom stereocenters. The Morgan fingerprint density at radius 1 is 1.15 bits per heavy atom. The fourth-order valence-electron chi connectivity index (χ4n) is 2.59. The molecule has 2 aromatic carbocycles. The number of benzene rings is 2. The third-order valence-electron chi connectivity index (χ3n) is 3.88. The van der Waals surface area contributed by atoms with Gasteiger partial charge in [-0.3, -0.25) is 4.79 Å². The predicted molar refractivity (Wildman–Crippen MR) is 106 cm³/mol. The molecule has 1 heterocycles. The van der Waals surface area contributed by atoms with Crippen LogP contribution in [0.5, 0.6) is 0 Å². The zero-order valence-electron chi connectivity index (χ0n) is 14.7. The fraction of sp³-hybridized carbons (Fsp3) is 0.0455. The van der Waals surface area contributed by atoms with Gasteiger partial charge in [-0.2, -0.15) is 10.4 Å². The zero-order chi connectivity index (χ0) is 19.1. The number of nitriles is 1. The van der Waals surface area contributed by atoms with E-state index >= 15 is 0 Å². The predicted octanol–water partition coefficient (Wildman–Crippen LogP) is 3.75. The number of rotatable bonds is 6. The topological polar surface area (TPSA) is 70.7 Å². The van der Waals surface area contributed by atoms with Gasteiger partial charge in [-0.15, -0.1) is 6.58 Å². The molecule has 3 rings (SSSR count). The Balaban J connectivity index is 2.09. The van der Waals surface area contributed by atoms with Gasteiger partial charge in [0.15, 0.2) is 0 Å². The fourth-order valence-corrected chi connectivity index (χ4v) is 2.59. The first-order chi connectivity index (χ1) is 13.2. The maximum Gasteiger partial charge on any atom is 0.262 e. The summed E-state index contributed by atoms with van der Waals surface area (Å²) in [7, 11) is 0. The Morgan fingerprint density at radius 3 is 2.44 bits per heavy atom. The summed E-state index contributed by atoms with van der Waals surface area (Å²) in [6, 6.07) is 21.3. The van der Waals surface area contributed by atoms with Crippen LogP contribution in [-0.4, -0.2) is 22.2 Å². The van der Waals surface area contributed by atoms with E-state index in [1.165, 1.54) is 0 Å². The second-order valence-corrected chi connectivity index (χ2v) is 5.75. The number of carbonyl (C=O) groups is 1. The largest absolute Gasteiger partial charge is 0.348 e. The molecule has 0 bridgehead atoms. The van der Waals surface area contributed by atoms with Crippen molar-refractivity contribution in [2.75, 3.05) is 6.54 Å². The second-order valence-electron chi connectivity index (χ2n) is 5.75. The lowest BCUT2D eigenvalue weighted by atomic mass is 10.1. The Bertz CT molecular complexity index is 1010. The summed E-state index contributed by atoms with van der Waals surface area (Å²) in [4.78, 5) is 12.2. The van der Waals surface area contributed by atoms with Gasteiger partial charge in [0.05, 0.1) is 11.4 Å². The first-order valence-electron chi connectivity index (χ1n) is 8.44. The summed E-state index contributed by atoms with van der Waals surface area (Å²) in [6.45, 7) is 3.86. The quantitative estimate of drug-likeness (QED) is 0.416. The lowest BCUT2D eigenvalue weighted by Crippen LogP contribution is -2.24. The SMILES string of the molecule is C=CCNC(=O)/C(C#N)=C\c1cn(-c2ccccc2)nc1-c1ccccc1.